The van der Waals surface area contributed by atoms with E-state index in [4.69, 9.17) is 10.00 Å². The molecular weight excluding hydrogens is 220 g/mol. The summed E-state index contributed by atoms with van der Waals surface area (Å²) in [5.74, 6) is 0.148. The maximum absolute atomic E-state index is 11.5. The zero-order valence-corrected chi connectivity index (χ0v) is 9.43. The van der Waals surface area contributed by atoms with Gasteiger partial charge in [0.25, 0.3) is 0 Å². The monoisotopic (exact) mass is 230 g/mol. The first-order chi connectivity index (χ1) is 8.21. The van der Waals surface area contributed by atoms with Crippen molar-refractivity contribution in [1.82, 2.24) is 4.40 Å². The number of pyridine rings is 1. The fourth-order valence-electron chi connectivity index (χ4n) is 1.66. The highest BCUT2D eigenvalue weighted by molar-refractivity contribution is 5.91. The van der Waals surface area contributed by atoms with Crippen molar-refractivity contribution in [1.29, 1.82) is 5.26 Å². The lowest BCUT2D eigenvalue weighted by Gasteiger charge is -2.03. The van der Waals surface area contributed by atoms with E-state index < -0.39 is 5.97 Å². The van der Waals surface area contributed by atoms with Gasteiger partial charge in [-0.2, -0.15) is 5.26 Å². The first-order valence-corrected chi connectivity index (χ1v) is 4.88. The van der Waals surface area contributed by atoms with Crippen LogP contribution in [0.4, 0.5) is 0 Å². The molecule has 0 saturated carbocycles. The Hall–Kier alpha value is -2.48. The zero-order valence-electron chi connectivity index (χ0n) is 9.43. The lowest BCUT2D eigenvalue weighted by Crippen LogP contribution is -2.04. The molecule has 0 aliphatic heterocycles. The molecule has 0 N–H and O–H groups in total. The summed E-state index contributed by atoms with van der Waals surface area (Å²) in [6.45, 7) is 0. The van der Waals surface area contributed by atoms with Crippen molar-refractivity contribution in [3.8, 4) is 11.8 Å². The summed E-state index contributed by atoms with van der Waals surface area (Å²) in [5, 5.41) is 9.01. The summed E-state index contributed by atoms with van der Waals surface area (Å²) < 4.78 is 11.3. The number of esters is 1. The van der Waals surface area contributed by atoms with E-state index in [0.717, 1.165) is 0 Å². The van der Waals surface area contributed by atoms with Crippen LogP contribution in [0.2, 0.25) is 0 Å². The van der Waals surface area contributed by atoms with Gasteiger partial charge in [0.05, 0.1) is 25.3 Å². The van der Waals surface area contributed by atoms with Crippen LogP contribution in [0.1, 0.15) is 16.1 Å². The van der Waals surface area contributed by atoms with E-state index in [1.807, 2.05) is 6.07 Å². The van der Waals surface area contributed by atoms with Gasteiger partial charge in [0.15, 0.2) is 0 Å². The van der Waals surface area contributed by atoms with Gasteiger partial charge in [-0.1, -0.05) is 0 Å². The first-order valence-electron chi connectivity index (χ1n) is 4.88. The van der Waals surface area contributed by atoms with Gasteiger partial charge in [-0.3, -0.25) is 0 Å². The van der Waals surface area contributed by atoms with Crippen molar-refractivity contribution in [3.63, 3.8) is 0 Å². The topological polar surface area (TPSA) is 63.7 Å². The maximum atomic E-state index is 11.5. The number of nitrogens with zero attached hydrogens (tertiary/aromatic N) is 2. The second-order valence-electron chi connectivity index (χ2n) is 3.37. The van der Waals surface area contributed by atoms with Crippen molar-refractivity contribution in [2.45, 2.75) is 0 Å². The lowest BCUT2D eigenvalue weighted by atomic mass is 10.2. The van der Waals surface area contributed by atoms with E-state index in [0.29, 0.717) is 22.5 Å². The van der Waals surface area contributed by atoms with Gasteiger partial charge >= 0.3 is 5.97 Å². The average molecular weight is 230 g/mol. The molecule has 2 aromatic rings. The summed E-state index contributed by atoms with van der Waals surface area (Å²) >= 11 is 0. The van der Waals surface area contributed by atoms with Crippen molar-refractivity contribution in [3.05, 3.63) is 35.7 Å². The zero-order chi connectivity index (χ0) is 12.4. The van der Waals surface area contributed by atoms with Crippen molar-refractivity contribution in [2.75, 3.05) is 14.2 Å². The minimum Gasteiger partial charge on any atom is -0.497 e. The summed E-state index contributed by atoms with van der Waals surface area (Å²) in [6.07, 6.45) is 1.67. The van der Waals surface area contributed by atoms with E-state index in [2.05, 4.69) is 4.74 Å². The van der Waals surface area contributed by atoms with Gasteiger partial charge in [-0.15, -0.1) is 0 Å². The molecule has 0 unspecified atom stereocenters. The number of nitriles is 1. The molecule has 0 fully saturated rings. The molecule has 0 saturated heterocycles. The summed E-state index contributed by atoms with van der Waals surface area (Å²) in [5.41, 5.74) is 1.35. The molecule has 0 bridgehead atoms. The minimum atomic E-state index is -0.480. The predicted octanol–water partition coefficient (Wildman–Crippen LogP) is 1.61. The smallest absolute Gasteiger partial charge is 0.355 e. The van der Waals surface area contributed by atoms with Crippen molar-refractivity contribution >= 4 is 11.5 Å². The maximum Gasteiger partial charge on any atom is 0.355 e. The average Bonchev–Trinajstić information content (AvgIpc) is 2.75. The van der Waals surface area contributed by atoms with Gasteiger partial charge in [-0.05, 0) is 12.1 Å². The van der Waals surface area contributed by atoms with Crippen molar-refractivity contribution < 1.29 is 14.3 Å². The van der Waals surface area contributed by atoms with Crippen LogP contribution >= 0.6 is 0 Å². The molecule has 2 rings (SSSR count). The van der Waals surface area contributed by atoms with E-state index in [9.17, 15) is 4.79 Å². The largest absolute Gasteiger partial charge is 0.497 e. The number of hydrogen-bond donors (Lipinski definition) is 0. The molecule has 0 amide bonds. The van der Waals surface area contributed by atoms with Gasteiger partial charge in [0.1, 0.15) is 17.5 Å². The van der Waals surface area contributed by atoms with Gasteiger partial charge < -0.3 is 13.9 Å². The van der Waals surface area contributed by atoms with Crippen LogP contribution in [0, 0.1) is 11.3 Å². The summed E-state index contributed by atoms with van der Waals surface area (Å²) in [6, 6.07) is 6.95. The molecule has 0 atom stereocenters. The third kappa shape index (κ3) is 1.70. The molecule has 5 nitrogen and oxygen atoms in total. The first kappa shape index (κ1) is 11.0. The number of fused-ring (bicyclic) bond motifs is 1. The van der Waals surface area contributed by atoms with Gasteiger partial charge in [0, 0.05) is 12.3 Å². The molecular formula is C12H10N2O3. The quantitative estimate of drug-likeness (QED) is 0.735. The Kier molecular flexibility index (Phi) is 2.71. The molecule has 86 valence electrons. The Bertz CT molecular complexity index is 622. The van der Waals surface area contributed by atoms with Gasteiger partial charge in [0.2, 0.25) is 0 Å². The molecule has 0 aliphatic carbocycles. The minimum absolute atomic E-state index is 0.321. The molecule has 17 heavy (non-hydrogen) atoms. The highest BCUT2D eigenvalue weighted by Gasteiger charge is 2.15. The van der Waals surface area contributed by atoms with E-state index in [1.54, 1.807) is 29.8 Å². The lowest BCUT2D eigenvalue weighted by molar-refractivity contribution is 0.0593. The molecule has 0 spiro atoms. The number of ether oxygens (including phenoxy) is 2. The second-order valence-corrected chi connectivity index (χ2v) is 3.37. The van der Waals surface area contributed by atoms with E-state index in [1.165, 1.54) is 13.2 Å². The summed E-state index contributed by atoms with van der Waals surface area (Å²) in [7, 11) is 2.85. The Labute approximate surface area is 97.8 Å². The fourth-order valence-corrected chi connectivity index (χ4v) is 1.66. The van der Waals surface area contributed by atoms with Crippen LogP contribution in [0.3, 0.4) is 0 Å². The van der Waals surface area contributed by atoms with E-state index in [-0.39, 0.29) is 0 Å². The molecule has 2 heterocycles. The third-order valence-electron chi connectivity index (χ3n) is 2.49. The van der Waals surface area contributed by atoms with Crippen LogP contribution in [-0.2, 0) is 4.74 Å². The molecule has 2 aromatic heterocycles. The second kappa shape index (κ2) is 4.18. The van der Waals surface area contributed by atoms with Crippen LogP contribution in [0.5, 0.6) is 5.75 Å². The fraction of sp³-hybridized carbons (Fsp3) is 0.167. The summed E-state index contributed by atoms with van der Waals surface area (Å²) in [4.78, 5) is 11.5. The van der Waals surface area contributed by atoms with Crippen LogP contribution < -0.4 is 4.74 Å². The van der Waals surface area contributed by atoms with E-state index >= 15 is 0 Å². The Morgan fingerprint density at radius 1 is 1.41 bits per heavy atom. The predicted molar refractivity (Wildman–Crippen MR) is 60.0 cm³/mol. The normalized spacial score (nSPS) is 9.94. The molecule has 0 radical (unpaired) electrons. The number of carbonyl (C=O) groups is 1. The van der Waals surface area contributed by atoms with Crippen LogP contribution in [-0.4, -0.2) is 24.6 Å². The van der Waals surface area contributed by atoms with Crippen molar-refractivity contribution in [2.24, 2.45) is 0 Å². The highest BCUT2D eigenvalue weighted by Crippen LogP contribution is 2.21. The number of aromatic nitrogens is 1. The van der Waals surface area contributed by atoms with Gasteiger partial charge in [-0.25, -0.2) is 4.79 Å². The number of hydrogen-bond acceptors (Lipinski definition) is 4. The number of methoxy groups -OCH3 is 2. The highest BCUT2D eigenvalue weighted by atomic mass is 16.5. The Morgan fingerprint density at radius 3 is 2.76 bits per heavy atom. The number of carbonyl (C=O) groups excluding carboxylic acids is 1. The Balaban J connectivity index is 2.74. The standard InChI is InChI=1S/C12H10N2O3/c1-16-9-3-4-14-10(6-9)8(7-13)5-11(14)12(15)17-2/h3-6H,1-2H3. The SMILES string of the molecule is COC(=O)c1cc(C#N)c2cc(OC)ccn12. The third-order valence-corrected chi connectivity index (χ3v) is 2.49. The Morgan fingerprint density at radius 2 is 2.18 bits per heavy atom. The van der Waals surface area contributed by atoms with Crippen LogP contribution in [0.25, 0.3) is 5.52 Å². The van der Waals surface area contributed by atoms with Crippen LogP contribution in [0.15, 0.2) is 24.4 Å². The molecule has 0 aliphatic rings. The number of rotatable bonds is 2. The molecule has 5 heteroatoms. The molecule has 0 aromatic carbocycles.